The largest absolute Gasteiger partial charge is 0.368 e. The predicted octanol–water partition coefficient (Wildman–Crippen LogP) is 3.44. The number of rotatable bonds is 12. The fourth-order valence-corrected chi connectivity index (χ4v) is 4.28. The quantitative estimate of drug-likeness (QED) is 0.459. The molecule has 0 aromatic rings. The molecule has 2 unspecified atom stereocenters. The van der Waals surface area contributed by atoms with Gasteiger partial charge in [0.15, 0.2) is 6.29 Å². The zero-order valence-corrected chi connectivity index (χ0v) is 17.5. The molecule has 0 bridgehead atoms. The van der Waals surface area contributed by atoms with E-state index in [-0.39, 0.29) is 24.0 Å². The molecule has 6 atom stereocenters. The number of nitrogens with two attached hydrogens (primary N) is 1. The van der Waals surface area contributed by atoms with Crippen molar-refractivity contribution in [1.29, 1.82) is 0 Å². The number of nitrogens with one attached hydrogen (secondary N) is 1. The minimum atomic E-state index is -0.737. The van der Waals surface area contributed by atoms with Crippen molar-refractivity contribution in [2.75, 3.05) is 6.54 Å². The van der Waals surface area contributed by atoms with Gasteiger partial charge in [0.25, 0.3) is 0 Å². The second kappa shape index (κ2) is 11.9. The van der Waals surface area contributed by atoms with E-state index >= 15 is 0 Å². The van der Waals surface area contributed by atoms with Crippen LogP contribution in [0, 0.1) is 23.7 Å². The summed E-state index contributed by atoms with van der Waals surface area (Å²) in [4.78, 5) is 11.4. The highest BCUT2D eigenvalue weighted by molar-refractivity contribution is 5.79. The number of carbonyl (C=O) groups excluding carboxylic acids is 1. The monoisotopic (exact) mass is 370 g/mol. The molecule has 5 nitrogen and oxygen atoms in total. The Bertz CT molecular complexity index is 403. The van der Waals surface area contributed by atoms with Gasteiger partial charge in [-0.25, -0.2) is 0 Å². The third kappa shape index (κ3) is 7.93. The van der Waals surface area contributed by atoms with Crippen LogP contribution in [0.4, 0.5) is 0 Å². The number of aliphatic hydroxyl groups excluding tert-OH is 1. The van der Waals surface area contributed by atoms with Gasteiger partial charge >= 0.3 is 0 Å². The minimum Gasteiger partial charge on any atom is -0.368 e. The van der Waals surface area contributed by atoms with Gasteiger partial charge in [-0.3, -0.25) is 4.79 Å². The second-order valence-electron chi connectivity index (χ2n) is 8.62. The van der Waals surface area contributed by atoms with E-state index in [1.54, 1.807) is 0 Å². The van der Waals surface area contributed by atoms with Crippen LogP contribution in [0.5, 0.6) is 0 Å². The first kappa shape index (κ1) is 23.4. The van der Waals surface area contributed by atoms with Crippen LogP contribution in [-0.4, -0.2) is 36.0 Å². The van der Waals surface area contributed by atoms with Gasteiger partial charge in [0, 0.05) is 6.42 Å². The molecule has 0 aromatic heterocycles. The van der Waals surface area contributed by atoms with Crippen molar-refractivity contribution in [3.63, 3.8) is 0 Å². The van der Waals surface area contributed by atoms with Crippen LogP contribution in [0.1, 0.15) is 79.6 Å². The minimum absolute atomic E-state index is 0.151. The van der Waals surface area contributed by atoms with Gasteiger partial charge in [0.05, 0.1) is 12.1 Å². The highest BCUT2D eigenvalue weighted by Gasteiger charge is 2.33. The molecule has 0 radical (unpaired) electrons. The number of primary amides is 1. The first-order valence-corrected chi connectivity index (χ1v) is 10.6. The lowest BCUT2D eigenvalue weighted by molar-refractivity contribution is -0.176. The zero-order valence-electron chi connectivity index (χ0n) is 17.5. The van der Waals surface area contributed by atoms with Crippen LogP contribution < -0.4 is 11.1 Å². The van der Waals surface area contributed by atoms with Gasteiger partial charge in [-0.1, -0.05) is 47.5 Å². The van der Waals surface area contributed by atoms with Crippen LogP contribution >= 0.6 is 0 Å². The zero-order chi connectivity index (χ0) is 19.7. The summed E-state index contributed by atoms with van der Waals surface area (Å²) in [6, 6.07) is -0.295. The Labute approximate surface area is 160 Å². The molecule has 0 aliphatic heterocycles. The molecule has 154 valence electrons. The SMILES string of the molecule is CCCC(CN[C@@H](CC)C(N)=O)CC(O)O[C@@H]1C[C@H](C)CC[C@H]1C(C)C. The van der Waals surface area contributed by atoms with Crippen molar-refractivity contribution >= 4 is 5.91 Å². The molecule has 1 fully saturated rings. The molecule has 1 aliphatic rings. The van der Waals surface area contributed by atoms with Crippen molar-refractivity contribution in [2.45, 2.75) is 98.0 Å². The first-order chi connectivity index (χ1) is 12.3. The molecule has 1 saturated carbocycles. The summed E-state index contributed by atoms with van der Waals surface area (Å²) >= 11 is 0. The Morgan fingerprint density at radius 3 is 2.54 bits per heavy atom. The maximum absolute atomic E-state index is 11.4. The molecule has 1 rings (SSSR count). The lowest BCUT2D eigenvalue weighted by Gasteiger charge is -2.38. The Balaban J connectivity index is 2.56. The van der Waals surface area contributed by atoms with Crippen molar-refractivity contribution in [3.05, 3.63) is 0 Å². The molecule has 1 aliphatic carbocycles. The van der Waals surface area contributed by atoms with E-state index in [9.17, 15) is 9.90 Å². The summed E-state index contributed by atoms with van der Waals surface area (Å²) in [5, 5.41) is 13.8. The normalized spacial score (nSPS) is 27.3. The fraction of sp³-hybridized carbons (Fsp3) is 0.952. The van der Waals surface area contributed by atoms with Crippen LogP contribution in [-0.2, 0) is 9.53 Å². The lowest BCUT2D eigenvalue weighted by Crippen LogP contribution is -2.43. The topological polar surface area (TPSA) is 84.6 Å². The van der Waals surface area contributed by atoms with Gasteiger partial charge in [-0.2, -0.15) is 0 Å². The highest BCUT2D eigenvalue weighted by Crippen LogP contribution is 2.36. The molecule has 0 spiro atoms. The van der Waals surface area contributed by atoms with Crippen molar-refractivity contribution in [1.82, 2.24) is 5.32 Å². The molecule has 0 saturated heterocycles. The summed E-state index contributed by atoms with van der Waals surface area (Å²) in [5.74, 6) is 1.74. The van der Waals surface area contributed by atoms with Gasteiger partial charge < -0.3 is 20.9 Å². The molecule has 0 heterocycles. The van der Waals surface area contributed by atoms with E-state index in [1.165, 1.54) is 12.8 Å². The average Bonchev–Trinajstić information content (AvgIpc) is 2.54. The Morgan fingerprint density at radius 1 is 1.31 bits per heavy atom. The van der Waals surface area contributed by atoms with E-state index < -0.39 is 6.29 Å². The standard InChI is InChI=1S/C21H42N2O3/c1-6-8-16(13-23-18(7-2)21(22)25)12-20(24)26-19-11-15(5)9-10-17(19)14(3)4/h14-20,23-24H,6-13H2,1-5H3,(H2,22,25)/t15-,16?,17+,18+,19-,20?/m1/s1. The number of hydrogen-bond acceptors (Lipinski definition) is 4. The summed E-state index contributed by atoms with van der Waals surface area (Å²) in [6.07, 6.45) is 6.22. The smallest absolute Gasteiger partial charge is 0.234 e. The maximum atomic E-state index is 11.4. The third-order valence-corrected chi connectivity index (χ3v) is 5.93. The number of ether oxygens (including phenoxy) is 1. The predicted molar refractivity (Wildman–Crippen MR) is 107 cm³/mol. The third-order valence-electron chi connectivity index (χ3n) is 5.93. The van der Waals surface area contributed by atoms with Crippen LogP contribution in [0.3, 0.4) is 0 Å². The summed E-state index contributed by atoms with van der Waals surface area (Å²) < 4.78 is 6.13. The first-order valence-electron chi connectivity index (χ1n) is 10.6. The lowest BCUT2D eigenvalue weighted by atomic mass is 9.75. The van der Waals surface area contributed by atoms with Crippen molar-refractivity contribution in [2.24, 2.45) is 29.4 Å². The second-order valence-corrected chi connectivity index (χ2v) is 8.62. The van der Waals surface area contributed by atoms with E-state index in [4.69, 9.17) is 10.5 Å². The number of aliphatic hydroxyl groups is 1. The molecule has 4 N–H and O–H groups in total. The van der Waals surface area contributed by atoms with Crippen molar-refractivity contribution in [3.8, 4) is 0 Å². The van der Waals surface area contributed by atoms with Crippen LogP contribution in [0.2, 0.25) is 0 Å². The summed E-state index contributed by atoms with van der Waals surface area (Å²) in [7, 11) is 0. The number of carbonyl (C=O) groups is 1. The molecule has 0 aromatic carbocycles. The molecular weight excluding hydrogens is 328 g/mol. The van der Waals surface area contributed by atoms with Gasteiger partial charge in [-0.15, -0.1) is 0 Å². The molecule has 5 heteroatoms. The molecular formula is C21H42N2O3. The number of amides is 1. The van der Waals surface area contributed by atoms with E-state index in [0.717, 1.165) is 19.3 Å². The summed E-state index contributed by atoms with van der Waals surface area (Å²) in [5.41, 5.74) is 5.41. The molecule has 1 amide bonds. The number of hydrogen-bond donors (Lipinski definition) is 3. The van der Waals surface area contributed by atoms with Gasteiger partial charge in [0.2, 0.25) is 5.91 Å². The highest BCUT2D eigenvalue weighted by atomic mass is 16.6. The Hall–Kier alpha value is -0.650. The molecule has 26 heavy (non-hydrogen) atoms. The van der Waals surface area contributed by atoms with Crippen molar-refractivity contribution < 1.29 is 14.6 Å². The average molecular weight is 371 g/mol. The summed E-state index contributed by atoms with van der Waals surface area (Å²) in [6.45, 7) is 11.6. The van der Waals surface area contributed by atoms with Crippen LogP contribution in [0.25, 0.3) is 0 Å². The van der Waals surface area contributed by atoms with Gasteiger partial charge in [0.1, 0.15) is 0 Å². The van der Waals surface area contributed by atoms with Gasteiger partial charge in [-0.05, 0) is 55.9 Å². The Morgan fingerprint density at radius 2 is 2.00 bits per heavy atom. The van der Waals surface area contributed by atoms with E-state index in [0.29, 0.717) is 37.1 Å². The Kier molecular flexibility index (Phi) is 10.7. The van der Waals surface area contributed by atoms with E-state index in [2.05, 4.69) is 33.0 Å². The fourth-order valence-electron chi connectivity index (χ4n) is 4.28. The van der Waals surface area contributed by atoms with E-state index in [1.807, 2.05) is 6.92 Å². The maximum Gasteiger partial charge on any atom is 0.234 e. The van der Waals surface area contributed by atoms with Crippen LogP contribution in [0.15, 0.2) is 0 Å².